The standard InChI is InChI=1S/C14H18N2O4/c1-19-10-2-4-11(5-3-10)20-9-8-16-13(17)7-6-12(15)14(16)18/h2-5,12H,6-9,15H2,1H3. The van der Waals surface area contributed by atoms with E-state index in [9.17, 15) is 9.59 Å². The van der Waals surface area contributed by atoms with Gasteiger partial charge in [-0.1, -0.05) is 0 Å². The second-order valence-electron chi connectivity index (χ2n) is 4.55. The lowest BCUT2D eigenvalue weighted by Crippen LogP contribution is -2.52. The second-order valence-corrected chi connectivity index (χ2v) is 4.55. The summed E-state index contributed by atoms with van der Waals surface area (Å²) in [6.07, 6.45) is 0.739. The van der Waals surface area contributed by atoms with Gasteiger partial charge in [-0.3, -0.25) is 14.5 Å². The molecule has 2 rings (SSSR count). The van der Waals surface area contributed by atoms with E-state index < -0.39 is 6.04 Å². The fourth-order valence-corrected chi connectivity index (χ4v) is 2.02. The van der Waals surface area contributed by atoms with Crippen LogP contribution in [0.4, 0.5) is 0 Å². The number of methoxy groups -OCH3 is 1. The summed E-state index contributed by atoms with van der Waals surface area (Å²) in [6.45, 7) is 0.466. The summed E-state index contributed by atoms with van der Waals surface area (Å²) >= 11 is 0. The molecule has 0 aromatic heterocycles. The minimum Gasteiger partial charge on any atom is -0.497 e. The molecule has 1 atom stereocenters. The molecule has 6 heteroatoms. The first-order valence-corrected chi connectivity index (χ1v) is 6.48. The Labute approximate surface area is 117 Å². The average molecular weight is 278 g/mol. The summed E-state index contributed by atoms with van der Waals surface area (Å²) in [4.78, 5) is 24.6. The number of nitrogens with zero attached hydrogens (tertiary/aromatic N) is 1. The van der Waals surface area contributed by atoms with Crippen molar-refractivity contribution in [1.82, 2.24) is 4.90 Å². The first-order chi connectivity index (χ1) is 9.61. The van der Waals surface area contributed by atoms with Gasteiger partial charge in [0.1, 0.15) is 18.1 Å². The smallest absolute Gasteiger partial charge is 0.246 e. The van der Waals surface area contributed by atoms with Crippen LogP contribution in [-0.2, 0) is 9.59 Å². The van der Waals surface area contributed by atoms with E-state index >= 15 is 0 Å². The molecule has 0 aliphatic carbocycles. The Morgan fingerprint density at radius 1 is 1.25 bits per heavy atom. The normalized spacial score (nSPS) is 19.1. The number of amides is 2. The lowest BCUT2D eigenvalue weighted by molar-refractivity contribution is -0.149. The van der Waals surface area contributed by atoms with Gasteiger partial charge in [0.05, 0.1) is 19.7 Å². The SMILES string of the molecule is COc1ccc(OCCN2C(=O)CCC(N)C2=O)cc1. The fraction of sp³-hybridized carbons (Fsp3) is 0.429. The van der Waals surface area contributed by atoms with Gasteiger partial charge in [-0.15, -0.1) is 0 Å². The van der Waals surface area contributed by atoms with Gasteiger partial charge < -0.3 is 15.2 Å². The molecule has 6 nitrogen and oxygen atoms in total. The number of hydrogen-bond donors (Lipinski definition) is 1. The van der Waals surface area contributed by atoms with Gasteiger partial charge in [-0.2, -0.15) is 0 Å². The largest absolute Gasteiger partial charge is 0.497 e. The lowest BCUT2D eigenvalue weighted by Gasteiger charge is -2.28. The Balaban J connectivity index is 1.85. The molecule has 1 aliphatic rings. The van der Waals surface area contributed by atoms with E-state index in [0.717, 1.165) is 5.75 Å². The Bertz CT molecular complexity index is 486. The molecule has 108 valence electrons. The molecule has 1 heterocycles. The zero-order chi connectivity index (χ0) is 14.5. The number of piperidine rings is 1. The lowest BCUT2D eigenvalue weighted by atomic mass is 10.1. The summed E-state index contributed by atoms with van der Waals surface area (Å²) in [7, 11) is 1.59. The zero-order valence-corrected chi connectivity index (χ0v) is 11.4. The van der Waals surface area contributed by atoms with Gasteiger partial charge >= 0.3 is 0 Å². The van der Waals surface area contributed by atoms with Crippen LogP contribution in [0.3, 0.4) is 0 Å². The highest BCUT2D eigenvalue weighted by atomic mass is 16.5. The maximum absolute atomic E-state index is 11.8. The number of likely N-dealkylation sites (tertiary alicyclic amines) is 1. The highest BCUT2D eigenvalue weighted by molar-refractivity contribution is 6.00. The number of ether oxygens (including phenoxy) is 2. The topological polar surface area (TPSA) is 81.9 Å². The Morgan fingerprint density at radius 3 is 2.55 bits per heavy atom. The number of carbonyl (C=O) groups excluding carboxylic acids is 2. The Hall–Kier alpha value is -2.08. The van der Waals surface area contributed by atoms with Crippen molar-refractivity contribution in [3.05, 3.63) is 24.3 Å². The third-order valence-electron chi connectivity index (χ3n) is 3.20. The molecule has 1 saturated heterocycles. The number of hydrogen-bond acceptors (Lipinski definition) is 5. The van der Waals surface area contributed by atoms with Crippen molar-refractivity contribution in [1.29, 1.82) is 0 Å². The van der Waals surface area contributed by atoms with Crippen LogP contribution >= 0.6 is 0 Å². The van der Waals surface area contributed by atoms with Gasteiger partial charge in [0.15, 0.2) is 0 Å². The van der Waals surface area contributed by atoms with Crippen LogP contribution in [0.1, 0.15) is 12.8 Å². The minimum absolute atomic E-state index is 0.185. The molecule has 2 amide bonds. The third-order valence-corrected chi connectivity index (χ3v) is 3.20. The van der Waals surface area contributed by atoms with Crippen LogP contribution in [0.25, 0.3) is 0 Å². The van der Waals surface area contributed by atoms with E-state index in [2.05, 4.69) is 0 Å². The van der Waals surface area contributed by atoms with Crippen molar-refractivity contribution < 1.29 is 19.1 Å². The van der Waals surface area contributed by atoms with Crippen LogP contribution < -0.4 is 15.2 Å². The van der Waals surface area contributed by atoms with Gasteiger partial charge in [0, 0.05) is 6.42 Å². The number of benzene rings is 1. The van der Waals surface area contributed by atoms with E-state index in [4.69, 9.17) is 15.2 Å². The predicted molar refractivity (Wildman–Crippen MR) is 72.4 cm³/mol. The fourth-order valence-electron chi connectivity index (χ4n) is 2.02. The van der Waals surface area contributed by atoms with Crippen molar-refractivity contribution in [2.45, 2.75) is 18.9 Å². The summed E-state index contributed by atoms with van der Waals surface area (Å²) in [5, 5.41) is 0. The molecule has 1 aromatic rings. The highest BCUT2D eigenvalue weighted by Crippen LogP contribution is 2.17. The predicted octanol–water partition coefficient (Wildman–Crippen LogP) is 0.550. The first-order valence-electron chi connectivity index (χ1n) is 6.48. The van der Waals surface area contributed by atoms with Gasteiger partial charge in [0.25, 0.3) is 0 Å². The van der Waals surface area contributed by atoms with E-state index in [1.54, 1.807) is 31.4 Å². The maximum Gasteiger partial charge on any atom is 0.246 e. The van der Waals surface area contributed by atoms with Crippen LogP contribution in [-0.4, -0.2) is 43.0 Å². The van der Waals surface area contributed by atoms with Crippen LogP contribution in [0.2, 0.25) is 0 Å². The molecule has 2 N–H and O–H groups in total. The molecule has 20 heavy (non-hydrogen) atoms. The van der Waals surface area contributed by atoms with Crippen molar-refractivity contribution in [3.8, 4) is 11.5 Å². The summed E-state index contributed by atoms with van der Waals surface area (Å²) in [5.74, 6) is 0.895. The molecule has 1 unspecified atom stereocenters. The number of carbonyl (C=O) groups is 2. The average Bonchev–Trinajstić information content (AvgIpc) is 2.47. The van der Waals surface area contributed by atoms with Crippen molar-refractivity contribution >= 4 is 11.8 Å². The molecule has 0 saturated carbocycles. The van der Waals surface area contributed by atoms with Crippen molar-refractivity contribution in [3.63, 3.8) is 0 Å². The molecule has 1 aliphatic heterocycles. The van der Waals surface area contributed by atoms with Crippen molar-refractivity contribution in [2.75, 3.05) is 20.3 Å². The summed E-state index contributed by atoms with van der Waals surface area (Å²) in [5.41, 5.74) is 5.65. The van der Waals surface area contributed by atoms with E-state index in [-0.39, 0.29) is 25.0 Å². The highest BCUT2D eigenvalue weighted by Gasteiger charge is 2.31. The van der Waals surface area contributed by atoms with Crippen LogP contribution in [0.5, 0.6) is 11.5 Å². The van der Waals surface area contributed by atoms with E-state index in [0.29, 0.717) is 18.6 Å². The zero-order valence-electron chi connectivity index (χ0n) is 11.4. The molecule has 1 aromatic carbocycles. The van der Waals surface area contributed by atoms with Crippen LogP contribution in [0.15, 0.2) is 24.3 Å². The second kappa shape index (κ2) is 6.38. The number of rotatable bonds is 5. The van der Waals surface area contributed by atoms with E-state index in [1.165, 1.54) is 4.90 Å². The molecule has 1 fully saturated rings. The number of nitrogens with two attached hydrogens (primary N) is 1. The quantitative estimate of drug-likeness (QED) is 0.795. The van der Waals surface area contributed by atoms with Gasteiger partial charge in [-0.05, 0) is 30.7 Å². The maximum atomic E-state index is 11.8. The van der Waals surface area contributed by atoms with Crippen LogP contribution in [0, 0.1) is 0 Å². The molecule has 0 radical (unpaired) electrons. The van der Waals surface area contributed by atoms with Gasteiger partial charge in [0.2, 0.25) is 11.8 Å². The monoisotopic (exact) mass is 278 g/mol. The molecular weight excluding hydrogens is 260 g/mol. The minimum atomic E-state index is -0.575. The van der Waals surface area contributed by atoms with Gasteiger partial charge in [-0.25, -0.2) is 0 Å². The number of imide groups is 1. The first kappa shape index (κ1) is 14.3. The molecule has 0 spiro atoms. The summed E-state index contributed by atoms with van der Waals surface area (Å²) in [6, 6.07) is 6.52. The van der Waals surface area contributed by atoms with Crippen molar-refractivity contribution in [2.24, 2.45) is 5.73 Å². The molecular formula is C14H18N2O4. The summed E-state index contributed by atoms with van der Waals surface area (Å²) < 4.78 is 10.5. The Morgan fingerprint density at radius 2 is 1.90 bits per heavy atom. The van der Waals surface area contributed by atoms with E-state index in [1.807, 2.05) is 0 Å². The Kier molecular flexibility index (Phi) is 4.57. The molecule has 0 bridgehead atoms. The third kappa shape index (κ3) is 3.27.